The number of anilines is 2. The molecule has 0 bridgehead atoms. The number of hydrogen-bond acceptors (Lipinski definition) is 6. The van der Waals surface area contributed by atoms with Crippen molar-refractivity contribution in [3.63, 3.8) is 0 Å². The van der Waals surface area contributed by atoms with Gasteiger partial charge in [-0.1, -0.05) is 6.58 Å². The van der Waals surface area contributed by atoms with Gasteiger partial charge in [0, 0.05) is 55.7 Å². The maximum atomic E-state index is 12.9. The molecule has 0 saturated carbocycles. The molecule has 33 heavy (non-hydrogen) atoms. The summed E-state index contributed by atoms with van der Waals surface area (Å²) in [5.74, 6) is 0.968. The minimum atomic E-state index is -0.316. The number of H-pyrrole nitrogens is 1. The predicted molar refractivity (Wildman–Crippen MR) is 124 cm³/mol. The van der Waals surface area contributed by atoms with Crippen LogP contribution in [0.15, 0.2) is 36.5 Å². The summed E-state index contributed by atoms with van der Waals surface area (Å²) in [6.07, 6.45) is 5.23. The molecule has 0 radical (unpaired) electrons. The first kappa shape index (κ1) is 22.8. The second-order valence-electron chi connectivity index (χ2n) is 8.24. The molecule has 9 nitrogen and oxygen atoms in total. The highest BCUT2D eigenvalue weighted by atomic mass is 16.5. The van der Waals surface area contributed by atoms with Crippen LogP contribution in [0.3, 0.4) is 0 Å². The number of amides is 1. The Balaban J connectivity index is 1.53. The lowest BCUT2D eigenvalue weighted by molar-refractivity contribution is 0.0719. The Morgan fingerprint density at radius 3 is 2.73 bits per heavy atom. The van der Waals surface area contributed by atoms with E-state index >= 15 is 0 Å². The molecule has 1 amide bonds. The summed E-state index contributed by atoms with van der Waals surface area (Å²) < 4.78 is 12.4. The molecule has 0 spiro atoms. The number of aromatic nitrogens is 2. The molecule has 0 unspecified atom stereocenters. The second-order valence-corrected chi connectivity index (χ2v) is 8.24. The number of hydrogen-bond donors (Lipinski definition) is 2. The number of carbonyl (C=O) groups is 2. The second kappa shape index (κ2) is 10.1. The monoisotopic (exact) mass is 453 g/mol. The van der Waals surface area contributed by atoms with Gasteiger partial charge in [0.05, 0.1) is 13.2 Å². The average Bonchev–Trinajstić information content (AvgIpc) is 3.28. The van der Waals surface area contributed by atoms with Gasteiger partial charge in [0.15, 0.2) is 11.6 Å². The number of aromatic amines is 1. The van der Waals surface area contributed by atoms with E-state index in [1.807, 2.05) is 16.7 Å². The van der Waals surface area contributed by atoms with Crippen molar-refractivity contribution in [2.75, 3.05) is 44.4 Å². The average molecular weight is 454 g/mol. The highest BCUT2D eigenvalue weighted by Gasteiger charge is 2.27. The lowest BCUT2D eigenvalue weighted by atomic mass is 10.1. The molecule has 2 N–H and O–H groups in total. The Bertz CT molecular complexity index is 1100. The van der Waals surface area contributed by atoms with Crippen LogP contribution in [0.1, 0.15) is 47.9 Å². The Morgan fingerprint density at radius 1 is 1.21 bits per heavy atom. The summed E-state index contributed by atoms with van der Waals surface area (Å²) in [5.41, 5.74) is 1.70. The summed E-state index contributed by atoms with van der Waals surface area (Å²) in [6.45, 7) is 9.31. The number of nitrogens with one attached hydrogen (secondary N) is 2. The van der Waals surface area contributed by atoms with Gasteiger partial charge < -0.3 is 24.3 Å². The van der Waals surface area contributed by atoms with Crippen molar-refractivity contribution in [1.82, 2.24) is 14.5 Å². The van der Waals surface area contributed by atoms with Crippen LogP contribution >= 0.6 is 0 Å². The first-order chi connectivity index (χ1) is 16.0. The third-order valence-electron chi connectivity index (χ3n) is 6.00. The van der Waals surface area contributed by atoms with Crippen molar-refractivity contribution >= 4 is 23.3 Å². The molecule has 1 saturated heterocycles. The molecule has 4 rings (SSSR count). The third-order valence-corrected chi connectivity index (χ3v) is 6.00. The van der Waals surface area contributed by atoms with Crippen LogP contribution in [0.5, 0.6) is 5.75 Å². The Morgan fingerprint density at radius 2 is 2.00 bits per heavy atom. The lowest BCUT2D eigenvalue weighted by Gasteiger charge is -2.29. The molecule has 2 aliphatic rings. The van der Waals surface area contributed by atoms with Crippen LogP contribution in [-0.2, 0) is 4.74 Å². The van der Waals surface area contributed by atoms with E-state index in [4.69, 9.17) is 14.9 Å². The van der Waals surface area contributed by atoms with Gasteiger partial charge in [0.2, 0.25) is 0 Å². The molecule has 9 heteroatoms. The summed E-state index contributed by atoms with van der Waals surface area (Å²) in [5, 5.41) is 8.40. The predicted octanol–water partition coefficient (Wildman–Crippen LogP) is 3.08. The lowest BCUT2D eigenvalue weighted by Crippen LogP contribution is -2.35. The van der Waals surface area contributed by atoms with E-state index in [-0.39, 0.29) is 17.3 Å². The SMILES string of the molecule is C=C(CCOCC)C(=O)n1ccc(N2CCOc3cc(C(=O)N4CCCCC4)[nH]c32)cc1=N. The van der Waals surface area contributed by atoms with E-state index in [1.54, 1.807) is 24.4 Å². The molecule has 2 aromatic rings. The van der Waals surface area contributed by atoms with Gasteiger partial charge in [0.1, 0.15) is 17.8 Å². The topological polar surface area (TPSA) is 104 Å². The van der Waals surface area contributed by atoms with E-state index in [0.29, 0.717) is 55.6 Å². The normalized spacial score (nSPS) is 15.7. The molecular formula is C24H31N5O4. The third kappa shape index (κ3) is 4.88. The number of piperidine rings is 1. The van der Waals surface area contributed by atoms with Gasteiger partial charge >= 0.3 is 0 Å². The van der Waals surface area contributed by atoms with Gasteiger partial charge in [-0.05, 0) is 32.3 Å². The first-order valence-electron chi connectivity index (χ1n) is 11.5. The van der Waals surface area contributed by atoms with Crippen molar-refractivity contribution in [3.05, 3.63) is 47.7 Å². The smallest absolute Gasteiger partial charge is 0.270 e. The zero-order valence-corrected chi connectivity index (χ0v) is 19.1. The van der Waals surface area contributed by atoms with Crippen molar-refractivity contribution in [3.8, 4) is 5.75 Å². The van der Waals surface area contributed by atoms with E-state index < -0.39 is 0 Å². The Labute approximate surface area is 193 Å². The maximum absolute atomic E-state index is 12.9. The fraction of sp³-hybridized carbons (Fsp3) is 0.458. The molecule has 176 valence electrons. The fourth-order valence-electron chi connectivity index (χ4n) is 4.19. The van der Waals surface area contributed by atoms with Crippen LogP contribution in [0.4, 0.5) is 11.5 Å². The van der Waals surface area contributed by atoms with Crippen molar-refractivity contribution in [1.29, 1.82) is 5.41 Å². The molecule has 4 heterocycles. The van der Waals surface area contributed by atoms with E-state index in [1.165, 1.54) is 4.57 Å². The molecule has 2 aliphatic heterocycles. The molecular weight excluding hydrogens is 422 g/mol. The van der Waals surface area contributed by atoms with Gasteiger partial charge in [-0.15, -0.1) is 0 Å². The summed E-state index contributed by atoms with van der Waals surface area (Å²) in [4.78, 5) is 32.7. The standard InChI is InChI=1S/C24H31N5O4/c1-3-32-13-8-17(2)23(30)29-11-7-18(15-21(29)25)28-12-14-33-20-16-19(26-22(20)28)24(31)27-9-5-4-6-10-27/h7,11,15-16,25-26H,2-6,8-10,12-14H2,1H3. The van der Waals surface area contributed by atoms with Crippen LogP contribution in [0, 0.1) is 5.41 Å². The maximum Gasteiger partial charge on any atom is 0.270 e. The molecule has 0 aliphatic carbocycles. The summed E-state index contributed by atoms with van der Waals surface area (Å²) in [6, 6.07) is 5.18. The van der Waals surface area contributed by atoms with Crippen LogP contribution < -0.4 is 15.1 Å². The zero-order valence-electron chi connectivity index (χ0n) is 19.1. The number of carbonyl (C=O) groups excluding carboxylic acids is 2. The number of nitrogens with zero attached hydrogens (tertiary/aromatic N) is 3. The minimum Gasteiger partial charge on any atom is -0.488 e. The number of ether oxygens (including phenoxy) is 2. The highest BCUT2D eigenvalue weighted by Crippen LogP contribution is 2.36. The van der Waals surface area contributed by atoms with E-state index in [0.717, 1.165) is 38.0 Å². The molecule has 0 atom stereocenters. The molecule has 1 fully saturated rings. The quantitative estimate of drug-likeness (QED) is 0.495. The van der Waals surface area contributed by atoms with Crippen molar-refractivity contribution in [2.45, 2.75) is 32.6 Å². The summed E-state index contributed by atoms with van der Waals surface area (Å²) >= 11 is 0. The van der Waals surface area contributed by atoms with Crippen LogP contribution in [-0.4, -0.2) is 65.7 Å². The van der Waals surface area contributed by atoms with E-state index in [9.17, 15) is 9.59 Å². The van der Waals surface area contributed by atoms with Gasteiger partial charge in [-0.3, -0.25) is 19.6 Å². The number of rotatable bonds is 7. The Hall–Kier alpha value is -3.33. The number of fused-ring (bicyclic) bond motifs is 1. The fourth-order valence-corrected chi connectivity index (χ4v) is 4.19. The largest absolute Gasteiger partial charge is 0.488 e. The Kier molecular flexibility index (Phi) is 6.98. The molecule has 2 aromatic heterocycles. The minimum absolute atomic E-state index is 0.0177. The van der Waals surface area contributed by atoms with Gasteiger partial charge in [0.25, 0.3) is 11.8 Å². The van der Waals surface area contributed by atoms with Crippen molar-refractivity contribution in [2.24, 2.45) is 0 Å². The van der Waals surface area contributed by atoms with Crippen molar-refractivity contribution < 1.29 is 19.1 Å². The molecule has 0 aromatic carbocycles. The first-order valence-corrected chi connectivity index (χ1v) is 11.5. The van der Waals surface area contributed by atoms with Crippen LogP contribution in [0.25, 0.3) is 0 Å². The van der Waals surface area contributed by atoms with Crippen LogP contribution in [0.2, 0.25) is 0 Å². The highest BCUT2D eigenvalue weighted by molar-refractivity contribution is 5.95. The summed E-state index contributed by atoms with van der Waals surface area (Å²) in [7, 11) is 0. The van der Waals surface area contributed by atoms with Gasteiger partial charge in [-0.25, -0.2) is 0 Å². The number of likely N-dealkylation sites (tertiary alicyclic amines) is 1. The zero-order chi connectivity index (χ0) is 23.4. The van der Waals surface area contributed by atoms with Gasteiger partial charge in [-0.2, -0.15) is 0 Å². The number of pyridine rings is 1. The van der Waals surface area contributed by atoms with E-state index in [2.05, 4.69) is 11.6 Å².